The number of sulfonamides is 1. The summed E-state index contributed by atoms with van der Waals surface area (Å²) in [5.41, 5.74) is 0. The molecule has 0 aliphatic carbocycles. The second-order valence-electron chi connectivity index (χ2n) is 3.43. The summed E-state index contributed by atoms with van der Waals surface area (Å²) in [7, 11) is -3.12. The molecule has 6 heteroatoms. The Morgan fingerprint density at radius 1 is 1.33 bits per heavy atom. The maximum absolute atomic E-state index is 11.8. The molecule has 1 aliphatic rings. The van der Waals surface area contributed by atoms with E-state index in [9.17, 15) is 8.42 Å². The Hall–Kier alpha value is -0.370. The smallest absolute Gasteiger partial charge is 0.236 e. The van der Waals surface area contributed by atoms with E-state index in [-0.39, 0.29) is 5.75 Å². The van der Waals surface area contributed by atoms with Crippen molar-refractivity contribution >= 4 is 38.4 Å². The molecule has 0 amide bonds. The number of nitrogens with zero attached hydrogens (tertiary/aromatic N) is 2. The van der Waals surface area contributed by atoms with Gasteiger partial charge in [-0.1, -0.05) is 0 Å². The molecule has 0 radical (unpaired) electrons. The van der Waals surface area contributed by atoms with Gasteiger partial charge in [0.05, 0.1) is 5.75 Å². The van der Waals surface area contributed by atoms with Gasteiger partial charge in [0.15, 0.2) is 0 Å². The Labute approximate surface area is 103 Å². The highest BCUT2D eigenvalue weighted by molar-refractivity contribution is 14.1. The Bertz CT molecular complexity index is 444. The van der Waals surface area contributed by atoms with E-state index < -0.39 is 10.0 Å². The van der Waals surface area contributed by atoms with Crippen LogP contribution in [-0.2, 0) is 10.0 Å². The zero-order valence-electron chi connectivity index (χ0n) is 8.06. The van der Waals surface area contributed by atoms with Gasteiger partial charge >= 0.3 is 0 Å². The fraction of sp³-hybridized carbons (Fsp3) is 0.444. The maximum Gasteiger partial charge on any atom is 0.236 e. The molecule has 0 atom stereocenters. The lowest BCUT2D eigenvalue weighted by Crippen LogP contribution is -2.38. The van der Waals surface area contributed by atoms with Crippen molar-refractivity contribution in [3.05, 3.63) is 21.9 Å². The Morgan fingerprint density at radius 3 is 2.73 bits per heavy atom. The summed E-state index contributed by atoms with van der Waals surface area (Å²) in [6.07, 6.45) is 3.34. The first-order valence-electron chi connectivity index (χ1n) is 4.71. The number of anilines is 1. The Morgan fingerprint density at radius 2 is 2.13 bits per heavy atom. The molecule has 82 valence electrons. The number of hydrogen-bond acceptors (Lipinski definition) is 3. The molecule has 1 aromatic heterocycles. The molecule has 1 aliphatic heterocycles. The molecule has 2 heterocycles. The number of rotatable bonds is 1. The minimum absolute atomic E-state index is 0.237. The molecule has 0 saturated carbocycles. The summed E-state index contributed by atoms with van der Waals surface area (Å²) in [4.78, 5) is 4.14. The van der Waals surface area contributed by atoms with Crippen molar-refractivity contribution in [1.82, 2.24) is 4.98 Å². The van der Waals surface area contributed by atoms with Crippen LogP contribution in [0.1, 0.15) is 12.8 Å². The SMILES string of the molecule is O=S1(=O)CCCCN1c1ccc(I)cn1. The molecule has 0 aromatic carbocycles. The van der Waals surface area contributed by atoms with Gasteiger partial charge in [0.25, 0.3) is 0 Å². The van der Waals surface area contributed by atoms with Crippen molar-refractivity contribution in [2.24, 2.45) is 0 Å². The first kappa shape index (κ1) is 11.1. The minimum Gasteiger partial charge on any atom is -0.254 e. The van der Waals surface area contributed by atoms with Crippen molar-refractivity contribution in [3.63, 3.8) is 0 Å². The zero-order valence-corrected chi connectivity index (χ0v) is 11.0. The average Bonchev–Trinajstić information content (AvgIpc) is 2.19. The summed E-state index contributed by atoms with van der Waals surface area (Å²) in [6.45, 7) is 0.552. The third kappa shape index (κ3) is 2.41. The zero-order chi connectivity index (χ0) is 10.9. The van der Waals surface area contributed by atoms with Crippen molar-refractivity contribution in [3.8, 4) is 0 Å². The van der Waals surface area contributed by atoms with Gasteiger partial charge < -0.3 is 0 Å². The van der Waals surface area contributed by atoms with E-state index in [0.717, 1.165) is 16.4 Å². The van der Waals surface area contributed by atoms with Crippen molar-refractivity contribution in [1.29, 1.82) is 0 Å². The first-order chi connectivity index (χ1) is 7.09. The minimum atomic E-state index is -3.12. The van der Waals surface area contributed by atoms with Gasteiger partial charge in [-0.25, -0.2) is 13.4 Å². The number of hydrogen-bond donors (Lipinski definition) is 0. The van der Waals surface area contributed by atoms with Crippen LogP contribution in [0.5, 0.6) is 0 Å². The van der Waals surface area contributed by atoms with Crippen LogP contribution < -0.4 is 4.31 Å². The van der Waals surface area contributed by atoms with Crippen LogP contribution in [0.15, 0.2) is 18.3 Å². The highest BCUT2D eigenvalue weighted by Gasteiger charge is 2.26. The van der Waals surface area contributed by atoms with E-state index in [0.29, 0.717) is 12.4 Å². The number of pyridine rings is 1. The third-order valence-corrected chi connectivity index (χ3v) is 4.80. The van der Waals surface area contributed by atoms with Crippen LogP contribution in [0.4, 0.5) is 5.82 Å². The second-order valence-corrected chi connectivity index (χ2v) is 6.69. The van der Waals surface area contributed by atoms with E-state index in [2.05, 4.69) is 27.6 Å². The molecule has 0 bridgehead atoms. The number of aromatic nitrogens is 1. The fourth-order valence-corrected chi connectivity index (χ4v) is 3.47. The predicted octanol–water partition coefficient (Wildman–Crippen LogP) is 1.62. The van der Waals surface area contributed by atoms with Crippen molar-refractivity contribution in [2.45, 2.75) is 12.8 Å². The van der Waals surface area contributed by atoms with Crippen LogP contribution >= 0.6 is 22.6 Å². The molecule has 0 unspecified atom stereocenters. The van der Waals surface area contributed by atoms with Gasteiger partial charge in [-0.3, -0.25) is 4.31 Å². The van der Waals surface area contributed by atoms with E-state index in [1.807, 2.05) is 6.07 Å². The molecule has 0 spiro atoms. The monoisotopic (exact) mass is 338 g/mol. The average molecular weight is 338 g/mol. The maximum atomic E-state index is 11.8. The summed E-state index contributed by atoms with van der Waals surface area (Å²) >= 11 is 2.15. The highest BCUT2D eigenvalue weighted by Crippen LogP contribution is 2.21. The normalized spacial score (nSPS) is 20.2. The third-order valence-electron chi connectivity index (χ3n) is 2.32. The van der Waals surface area contributed by atoms with Crippen LogP contribution in [0.2, 0.25) is 0 Å². The van der Waals surface area contributed by atoms with Gasteiger partial charge in [-0.2, -0.15) is 0 Å². The molecular weight excluding hydrogens is 327 g/mol. The van der Waals surface area contributed by atoms with Gasteiger partial charge in [0.1, 0.15) is 5.82 Å². The lowest BCUT2D eigenvalue weighted by molar-refractivity contribution is 0.573. The van der Waals surface area contributed by atoms with E-state index in [1.165, 1.54) is 4.31 Å². The fourth-order valence-electron chi connectivity index (χ4n) is 1.56. The molecule has 1 fully saturated rings. The summed E-state index contributed by atoms with van der Waals surface area (Å²) < 4.78 is 25.9. The largest absolute Gasteiger partial charge is 0.254 e. The quantitative estimate of drug-likeness (QED) is 0.731. The van der Waals surface area contributed by atoms with Crippen LogP contribution in [0.3, 0.4) is 0 Å². The highest BCUT2D eigenvalue weighted by atomic mass is 127. The lowest BCUT2D eigenvalue weighted by Gasteiger charge is -2.27. The molecule has 0 N–H and O–H groups in total. The summed E-state index contributed by atoms with van der Waals surface area (Å²) in [5, 5.41) is 0. The summed E-state index contributed by atoms with van der Waals surface area (Å²) in [5.74, 6) is 0.774. The van der Waals surface area contributed by atoms with Crippen LogP contribution in [0, 0.1) is 3.57 Å². The standard InChI is InChI=1S/C9H11IN2O2S/c10-8-3-4-9(11-7-8)12-5-1-2-6-15(12,13)14/h3-4,7H,1-2,5-6H2. The van der Waals surface area contributed by atoms with Crippen molar-refractivity contribution in [2.75, 3.05) is 16.6 Å². The summed E-state index contributed by atoms with van der Waals surface area (Å²) in [6, 6.07) is 3.62. The molecule has 15 heavy (non-hydrogen) atoms. The van der Waals surface area contributed by atoms with Gasteiger partial charge in [0.2, 0.25) is 10.0 Å². The van der Waals surface area contributed by atoms with Gasteiger partial charge in [-0.15, -0.1) is 0 Å². The van der Waals surface area contributed by atoms with Gasteiger partial charge in [-0.05, 0) is 47.6 Å². The van der Waals surface area contributed by atoms with Crippen molar-refractivity contribution < 1.29 is 8.42 Å². The molecule has 1 saturated heterocycles. The molecule has 4 nitrogen and oxygen atoms in total. The lowest BCUT2D eigenvalue weighted by atomic mass is 10.3. The second kappa shape index (κ2) is 4.25. The number of halogens is 1. The van der Waals surface area contributed by atoms with E-state index in [1.54, 1.807) is 12.3 Å². The van der Waals surface area contributed by atoms with Crippen LogP contribution in [0.25, 0.3) is 0 Å². The Balaban J connectivity index is 2.33. The Kier molecular flexibility index (Phi) is 3.15. The van der Waals surface area contributed by atoms with Crippen LogP contribution in [-0.4, -0.2) is 25.7 Å². The predicted molar refractivity (Wildman–Crippen MR) is 67.3 cm³/mol. The first-order valence-corrected chi connectivity index (χ1v) is 7.40. The van der Waals surface area contributed by atoms with E-state index >= 15 is 0 Å². The molecule has 1 aromatic rings. The van der Waals surface area contributed by atoms with E-state index in [4.69, 9.17) is 0 Å². The van der Waals surface area contributed by atoms with Gasteiger partial charge in [0, 0.05) is 16.3 Å². The molecular formula is C9H11IN2O2S. The molecule has 2 rings (SSSR count). The topological polar surface area (TPSA) is 50.3 Å².